The van der Waals surface area contributed by atoms with E-state index in [2.05, 4.69) is 69.3 Å². The molecule has 0 nitrogen and oxygen atoms in total. The quantitative estimate of drug-likeness (QED) is 0.256. The summed E-state index contributed by atoms with van der Waals surface area (Å²) in [5.41, 5.74) is 9.52. The van der Waals surface area contributed by atoms with Crippen molar-refractivity contribution >= 4 is 35.0 Å². The molecular weight excluding hydrogens is 575 g/mol. The second-order valence-corrected chi connectivity index (χ2v) is 36.1. The van der Waals surface area contributed by atoms with Gasteiger partial charge in [0.2, 0.25) is 0 Å². The monoisotopic (exact) mass is 616 g/mol. The fourth-order valence-electron chi connectivity index (χ4n) is 9.18. The predicted molar refractivity (Wildman–Crippen MR) is 162 cm³/mol. The molecule has 0 N–H and O–H groups in total. The molecule has 0 bridgehead atoms. The summed E-state index contributed by atoms with van der Waals surface area (Å²) in [5, 5.41) is 0. The average molecular weight is 619 g/mol. The van der Waals surface area contributed by atoms with Gasteiger partial charge in [-0.1, -0.05) is 0 Å². The third-order valence-electron chi connectivity index (χ3n) is 10.6. The van der Waals surface area contributed by atoms with Crippen LogP contribution >= 0.6 is 24.8 Å². The SMILES string of the molecule is Cc1ccc2c(c1)Cc1c-2ccc(C)[c]1[Zr](=[SiH2])([C]1=CC=CC1)([CH]1CCCCC1)[CH]1CCCCC1.Cl.Cl. The van der Waals surface area contributed by atoms with Gasteiger partial charge in [-0.25, -0.2) is 0 Å². The molecule has 0 amide bonds. The smallest absolute Gasteiger partial charge is 0.147 e. The summed E-state index contributed by atoms with van der Waals surface area (Å²) >= 11 is -3.68. The van der Waals surface area contributed by atoms with Gasteiger partial charge >= 0.3 is 211 Å². The molecule has 0 aromatic heterocycles. The van der Waals surface area contributed by atoms with Crippen molar-refractivity contribution in [1.29, 1.82) is 0 Å². The van der Waals surface area contributed by atoms with E-state index in [1.165, 1.54) is 88.2 Å². The Morgan fingerprint density at radius 3 is 1.97 bits per heavy atom. The first-order valence-electron chi connectivity index (χ1n) is 14.1. The molecule has 0 unspecified atom stereocenters. The van der Waals surface area contributed by atoms with Crippen LogP contribution in [-0.4, -0.2) is 6.88 Å². The number of allylic oxidation sites excluding steroid dienone is 4. The van der Waals surface area contributed by atoms with E-state index >= 15 is 0 Å². The van der Waals surface area contributed by atoms with Crippen molar-refractivity contribution in [2.24, 2.45) is 0 Å². The Morgan fingerprint density at radius 2 is 1.39 bits per heavy atom. The number of hydrogen-bond donors (Lipinski definition) is 0. The first-order chi connectivity index (χ1) is 16.5. The number of aryl methyl sites for hydroxylation is 2. The van der Waals surface area contributed by atoms with Crippen molar-refractivity contribution in [2.75, 3.05) is 0 Å². The topological polar surface area (TPSA) is 0 Å². The zero-order chi connectivity index (χ0) is 23.4. The summed E-state index contributed by atoms with van der Waals surface area (Å²) in [7, 11) is 0. The standard InChI is InChI=1S/C15H13.2C6H11.C5H5.2ClH.H2Si.Zr/c1-10-3-5-14-12(7-10)9-13-8-11(2)4-6-15(13)14;2*1-2-4-6-5-3-1;1-2-4-5-3-1;;;;/h3-7H,9H2,1-2H3;2*1H,2-6H2;1-3H,4H2;2*1H;1H2;. The van der Waals surface area contributed by atoms with Gasteiger partial charge in [0.25, 0.3) is 0 Å². The number of fused-ring (bicyclic) bond motifs is 3. The van der Waals surface area contributed by atoms with Gasteiger partial charge in [0.15, 0.2) is 0 Å². The molecule has 2 aromatic rings. The number of benzene rings is 2. The molecule has 0 spiro atoms. The minimum Gasteiger partial charge on any atom is -0.147 e. The maximum atomic E-state index is 2.69. The fraction of sp³-hybridized carbons (Fsp3) is 0.500. The maximum absolute atomic E-state index is 3.68. The van der Waals surface area contributed by atoms with Crippen LogP contribution in [0.3, 0.4) is 0 Å². The zero-order valence-corrected chi connectivity index (χ0v) is 27.8. The van der Waals surface area contributed by atoms with E-state index in [1.807, 2.05) is 6.55 Å². The Balaban J connectivity index is 0.00000152. The molecule has 4 aliphatic rings. The molecule has 2 saturated carbocycles. The molecule has 4 heteroatoms. The summed E-state index contributed by atoms with van der Waals surface area (Å²) in [4.78, 5) is 0. The Bertz CT molecular complexity index is 1240. The zero-order valence-electron chi connectivity index (χ0n) is 22.3. The van der Waals surface area contributed by atoms with Gasteiger partial charge < -0.3 is 0 Å². The van der Waals surface area contributed by atoms with E-state index in [-0.39, 0.29) is 24.8 Å². The molecule has 0 heterocycles. The van der Waals surface area contributed by atoms with Crippen LogP contribution in [-0.2, 0) is 23.8 Å². The van der Waals surface area contributed by atoms with Crippen LogP contribution in [0.4, 0.5) is 0 Å². The van der Waals surface area contributed by atoms with Crippen LogP contribution in [0.25, 0.3) is 11.1 Å². The van der Waals surface area contributed by atoms with Gasteiger partial charge in [0, 0.05) is 0 Å². The van der Waals surface area contributed by atoms with E-state index in [4.69, 9.17) is 0 Å². The van der Waals surface area contributed by atoms with Gasteiger partial charge in [-0.15, -0.1) is 24.8 Å². The molecule has 36 heavy (non-hydrogen) atoms. The molecule has 4 aliphatic carbocycles. The third-order valence-corrected chi connectivity index (χ3v) is 43.5. The molecule has 0 aliphatic heterocycles. The fourth-order valence-corrected chi connectivity index (χ4v) is 41.5. The van der Waals surface area contributed by atoms with Crippen molar-refractivity contribution in [3.8, 4) is 11.1 Å². The summed E-state index contributed by atoms with van der Waals surface area (Å²) in [5.74, 6) is 0. The normalized spacial score (nSPS) is 20.2. The maximum Gasteiger partial charge on any atom is -0.147 e. The first kappa shape index (κ1) is 28.6. The van der Waals surface area contributed by atoms with E-state index in [0.717, 1.165) is 7.25 Å². The van der Waals surface area contributed by atoms with E-state index < -0.39 is 17.4 Å². The van der Waals surface area contributed by atoms with E-state index in [0.29, 0.717) is 0 Å². The van der Waals surface area contributed by atoms with Crippen molar-refractivity contribution in [1.82, 2.24) is 0 Å². The number of rotatable bonds is 4. The Labute approximate surface area is 234 Å². The van der Waals surface area contributed by atoms with Crippen LogP contribution < -0.4 is 3.27 Å². The number of halogens is 2. The minimum atomic E-state index is -3.68. The first-order valence-corrected chi connectivity index (χ1v) is 25.4. The van der Waals surface area contributed by atoms with Gasteiger partial charge in [-0.3, -0.25) is 0 Å². The second kappa shape index (κ2) is 11.0. The summed E-state index contributed by atoms with van der Waals surface area (Å²) in [6, 6.07) is 12.3. The predicted octanol–water partition coefficient (Wildman–Crippen LogP) is 8.93. The van der Waals surface area contributed by atoms with Crippen LogP contribution in [0.5, 0.6) is 0 Å². The van der Waals surface area contributed by atoms with E-state index in [1.54, 1.807) is 22.3 Å². The summed E-state index contributed by atoms with van der Waals surface area (Å²) < 4.78 is 5.87. The van der Waals surface area contributed by atoms with Crippen LogP contribution in [0, 0.1) is 13.8 Å². The van der Waals surface area contributed by atoms with Gasteiger partial charge in [0.1, 0.15) is 0 Å². The van der Waals surface area contributed by atoms with E-state index in [9.17, 15) is 0 Å². The van der Waals surface area contributed by atoms with Crippen molar-refractivity contribution in [3.63, 3.8) is 0 Å². The Hall–Kier alpha value is -0.400. The van der Waals surface area contributed by atoms with Gasteiger partial charge in [0.05, 0.1) is 0 Å². The minimum absolute atomic E-state index is 0. The molecule has 0 radical (unpaired) electrons. The molecule has 2 aromatic carbocycles. The summed E-state index contributed by atoms with van der Waals surface area (Å²) in [6.07, 6.45) is 24.8. The summed E-state index contributed by atoms with van der Waals surface area (Å²) in [6.45, 7) is 7.45. The van der Waals surface area contributed by atoms with Crippen LogP contribution in [0.1, 0.15) is 92.9 Å². The van der Waals surface area contributed by atoms with Crippen molar-refractivity contribution < 1.29 is 17.4 Å². The Kier molecular flexibility index (Phi) is 8.74. The van der Waals surface area contributed by atoms with Gasteiger partial charge in [-0.05, 0) is 0 Å². The van der Waals surface area contributed by atoms with Crippen molar-refractivity contribution in [2.45, 2.75) is 98.1 Å². The van der Waals surface area contributed by atoms with Gasteiger partial charge in [-0.2, -0.15) is 0 Å². The second-order valence-electron chi connectivity index (χ2n) is 12.2. The molecule has 0 saturated heterocycles. The Morgan fingerprint density at radius 1 is 0.778 bits per heavy atom. The molecule has 2 fully saturated rings. The number of hydrogen-bond acceptors (Lipinski definition) is 0. The van der Waals surface area contributed by atoms with Crippen molar-refractivity contribution in [3.05, 3.63) is 74.1 Å². The largest absolute Gasteiger partial charge is 0.147 e. The molecule has 0 atom stereocenters. The van der Waals surface area contributed by atoms with Crippen LogP contribution in [0.15, 0.2) is 51.8 Å². The molecule has 194 valence electrons. The average Bonchev–Trinajstić information content (AvgIpc) is 3.53. The molecular formula is C32H44Cl2SiZr. The molecule has 6 rings (SSSR count). The van der Waals surface area contributed by atoms with Crippen LogP contribution in [0.2, 0.25) is 7.25 Å². The third kappa shape index (κ3) is 4.16.